The van der Waals surface area contributed by atoms with Gasteiger partial charge >= 0.3 is 0 Å². The maximum absolute atomic E-state index is 10.7. The van der Waals surface area contributed by atoms with E-state index in [-0.39, 0.29) is 11.6 Å². The van der Waals surface area contributed by atoms with E-state index >= 15 is 0 Å². The lowest BCUT2D eigenvalue weighted by molar-refractivity contribution is 0.415. The molecule has 0 amide bonds. The van der Waals surface area contributed by atoms with Gasteiger partial charge in [0.1, 0.15) is 6.33 Å². The standard InChI is InChI=1S/C8H15N5O3S/c1-16-6-7(9)12-5-13-8(6)11-3-2-4-17(10,14)15/h5H,2-4H2,1H3,(H2,10,14,15)(H3,9,11,12,13). The van der Waals surface area contributed by atoms with Crippen LogP contribution in [0.4, 0.5) is 11.6 Å². The molecule has 1 aromatic rings. The minimum absolute atomic E-state index is 0.0944. The van der Waals surface area contributed by atoms with E-state index in [1.54, 1.807) is 0 Å². The minimum atomic E-state index is -3.43. The van der Waals surface area contributed by atoms with E-state index in [2.05, 4.69) is 15.3 Å². The molecule has 0 radical (unpaired) electrons. The molecule has 8 nitrogen and oxygen atoms in total. The lowest BCUT2D eigenvalue weighted by Crippen LogP contribution is -2.19. The van der Waals surface area contributed by atoms with Gasteiger partial charge in [-0.15, -0.1) is 0 Å². The number of nitrogen functional groups attached to an aromatic ring is 1. The highest BCUT2D eigenvalue weighted by molar-refractivity contribution is 7.89. The normalized spacial score (nSPS) is 11.2. The molecule has 1 rings (SSSR count). The van der Waals surface area contributed by atoms with Crippen LogP contribution in [0.2, 0.25) is 0 Å². The van der Waals surface area contributed by atoms with Gasteiger partial charge in [-0.3, -0.25) is 0 Å². The number of nitrogens with zero attached hydrogens (tertiary/aromatic N) is 2. The lowest BCUT2D eigenvalue weighted by Gasteiger charge is -2.10. The van der Waals surface area contributed by atoms with Gasteiger partial charge in [-0.1, -0.05) is 0 Å². The third-order valence-electron chi connectivity index (χ3n) is 1.93. The monoisotopic (exact) mass is 261 g/mol. The molecule has 1 aromatic heterocycles. The van der Waals surface area contributed by atoms with Gasteiger partial charge in [-0.2, -0.15) is 0 Å². The lowest BCUT2D eigenvalue weighted by atomic mass is 10.4. The number of rotatable bonds is 6. The zero-order chi connectivity index (χ0) is 12.9. The Labute approximate surface area is 99.4 Å². The Bertz CT molecular complexity index is 476. The molecule has 5 N–H and O–H groups in total. The number of sulfonamides is 1. The van der Waals surface area contributed by atoms with E-state index in [0.717, 1.165) is 0 Å². The van der Waals surface area contributed by atoms with Crippen molar-refractivity contribution < 1.29 is 13.2 Å². The zero-order valence-corrected chi connectivity index (χ0v) is 10.2. The van der Waals surface area contributed by atoms with Crippen molar-refractivity contribution in [3.63, 3.8) is 0 Å². The number of ether oxygens (including phenoxy) is 1. The van der Waals surface area contributed by atoms with Crippen molar-refractivity contribution in [2.75, 3.05) is 30.5 Å². The van der Waals surface area contributed by atoms with Crippen LogP contribution in [0, 0.1) is 0 Å². The molecule has 0 atom stereocenters. The van der Waals surface area contributed by atoms with Crippen LogP contribution in [0.3, 0.4) is 0 Å². The highest BCUT2D eigenvalue weighted by atomic mass is 32.2. The van der Waals surface area contributed by atoms with Crippen molar-refractivity contribution in [1.82, 2.24) is 9.97 Å². The summed E-state index contributed by atoms with van der Waals surface area (Å²) in [7, 11) is -1.98. The van der Waals surface area contributed by atoms with Crippen molar-refractivity contribution >= 4 is 21.7 Å². The van der Waals surface area contributed by atoms with Crippen LogP contribution < -0.4 is 20.9 Å². The second kappa shape index (κ2) is 5.64. The molecular formula is C8H15N5O3S. The summed E-state index contributed by atoms with van der Waals surface area (Å²) in [6.07, 6.45) is 1.66. The Morgan fingerprint density at radius 1 is 1.47 bits per heavy atom. The molecule has 0 aliphatic rings. The second-order valence-corrected chi connectivity index (χ2v) is 5.02. The highest BCUT2D eigenvalue weighted by Gasteiger charge is 2.09. The molecule has 96 valence electrons. The Hall–Kier alpha value is -1.61. The molecule has 9 heteroatoms. The summed E-state index contributed by atoms with van der Waals surface area (Å²) in [6, 6.07) is 0. The first-order valence-corrected chi connectivity index (χ1v) is 6.54. The summed E-state index contributed by atoms with van der Waals surface area (Å²) in [5.41, 5.74) is 5.57. The number of methoxy groups -OCH3 is 1. The maximum Gasteiger partial charge on any atom is 0.209 e. The average molecular weight is 261 g/mol. The molecule has 0 aromatic carbocycles. The van der Waals surface area contributed by atoms with Gasteiger partial charge in [0, 0.05) is 6.54 Å². The number of hydrogen-bond acceptors (Lipinski definition) is 7. The Morgan fingerprint density at radius 2 is 2.18 bits per heavy atom. The molecule has 0 saturated carbocycles. The first-order chi connectivity index (χ1) is 7.94. The fourth-order valence-electron chi connectivity index (χ4n) is 1.19. The summed E-state index contributed by atoms with van der Waals surface area (Å²) in [4.78, 5) is 7.70. The molecule has 0 aliphatic carbocycles. The number of hydrogen-bond donors (Lipinski definition) is 3. The van der Waals surface area contributed by atoms with E-state index in [1.807, 2.05) is 0 Å². The molecule has 17 heavy (non-hydrogen) atoms. The molecule has 0 unspecified atom stereocenters. The van der Waals surface area contributed by atoms with Gasteiger partial charge in [-0.25, -0.2) is 23.5 Å². The molecule has 1 heterocycles. The van der Waals surface area contributed by atoms with Crippen LogP contribution in [0.15, 0.2) is 6.33 Å². The Kier molecular flexibility index (Phi) is 4.46. The van der Waals surface area contributed by atoms with Crippen LogP contribution in [0.25, 0.3) is 0 Å². The fourth-order valence-corrected chi connectivity index (χ4v) is 1.74. The molecule has 0 bridgehead atoms. The Morgan fingerprint density at radius 3 is 2.76 bits per heavy atom. The second-order valence-electron chi connectivity index (χ2n) is 3.29. The van der Waals surface area contributed by atoms with Crippen LogP contribution in [0.1, 0.15) is 6.42 Å². The SMILES string of the molecule is COc1c(N)ncnc1NCCCS(N)(=O)=O. The zero-order valence-electron chi connectivity index (χ0n) is 9.38. The van der Waals surface area contributed by atoms with Gasteiger partial charge in [0.05, 0.1) is 12.9 Å². The predicted molar refractivity (Wildman–Crippen MR) is 64.1 cm³/mol. The van der Waals surface area contributed by atoms with Gasteiger partial charge in [0.25, 0.3) is 0 Å². The number of primary sulfonamides is 1. The van der Waals surface area contributed by atoms with Crippen molar-refractivity contribution in [3.05, 3.63) is 6.33 Å². The number of anilines is 2. The van der Waals surface area contributed by atoms with Crippen molar-refractivity contribution in [2.45, 2.75) is 6.42 Å². The van der Waals surface area contributed by atoms with Crippen LogP contribution >= 0.6 is 0 Å². The third-order valence-corrected chi connectivity index (χ3v) is 2.79. The molecule has 0 saturated heterocycles. The summed E-state index contributed by atoms with van der Waals surface area (Å²) >= 11 is 0. The van der Waals surface area contributed by atoms with Crippen LogP contribution in [0.5, 0.6) is 5.75 Å². The van der Waals surface area contributed by atoms with Crippen molar-refractivity contribution in [3.8, 4) is 5.75 Å². The van der Waals surface area contributed by atoms with E-state index in [0.29, 0.717) is 24.5 Å². The molecule has 0 fully saturated rings. The summed E-state index contributed by atoms with van der Waals surface area (Å²) in [5, 5.41) is 7.77. The fraction of sp³-hybridized carbons (Fsp3) is 0.500. The maximum atomic E-state index is 10.7. The quantitative estimate of drug-likeness (QED) is 0.568. The number of aromatic nitrogens is 2. The highest BCUT2D eigenvalue weighted by Crippen LogP contribution is 2.25. The topological polar surface area (TPSA) is 133 Å². The van der Waals surface area contributed by atoms with E-state index in [4.69, 9.17) is 15.6 Å². The van der Waals surface area contributed by atoms with E-state index in [9.17, 15) is 8.42 Å². The largest absolute Gasteiger partial charge is 0.490 e. The molecular weight excluding hydrogens is 246 g/mol. The first-order valence-electron chi connectivity index (χ1n) is 4.83. The smallest absolute Gasteiger partial charge is 0.209 e. The molecule has 0 spiro atoms. The van der Waals surface area contributed by atoms with Gasteiger partial charge in [-0.05, 0) is 6.42 Å². The summed E-state index contributed by atoms with van der Waals surface area (Å²) in [5.74, 6) is 0.886. The van der Waals surface area contributed by atoms with Crippen molar-refractivity contribution in [1.29, 1.82) is 0 Å². The van der Waals surface area contributed by atoms with Crippen LogP contribution in [-0.2, 0) is 10.0 Å². The minimum Gasteiger partial charge on any atom is -0.490 e. The van der Waals surface area contributed by atoms with Gasteiger partial charge < -0.3 is 15.8 Å². The molecule has 0 aliphatic heterocycles. The van der Waals surface area contributed by atoms with Crippen LogP contribution in [-0.4, -0.2) is 37.8 Å². The average Bonchev–Trinajstić information content (AvgIpc) is 2.23. The summed E-state index contributed by atoms with van der Waals surface area (Å²) < 4.78 is 26.4. The van der Waals surface area contributed by atoms with Gasteiger partial charge in [0.2, 0.25) is 15.8 Å². The van der Waals surface area contributed by atoms with E-state index < -0.39 is 10.0 Å². The number of nitrogens with two attached hydrogens (primary N) is 2. The van der Waals surface area contributed by atoms with E-state index in [1.165, 1.54) is 13.4 Å². The third kappa shape index (κ3) is 4.41. The summed E-state index contributed by atoms with van der Waals surface area (Å²) in [6.45, 7) is 0.392. The Balaban J connectivity index is 2.55. The first kappa shape index (κ1) is 13.5. The number of nitrogens with one attached hydrogen (secondary N) is 1. The predicted octanol–water partition coefficient (Wildman–Crippen LogP) is -0.842. The van der Waals surface area contributed by atoms with Gasteiger partial charge in [0.15, 0.2) is 11.6 Å². The van der Waals surface area contributed by atoms with Crippen molar-refractivity contribution in [2.24, 2.45) is 5.14 Å².